The second kappa shape index (κ2) is 4.73. The van der Waals surface area contributed by atoms with Crippen LogP contribution < -0.4 is 5.73 Å². The van der Waals surface area contributed by atoms with Crippen molar-refractivity contribution < 1.29 is 0 Å². The smallest absolute Gasteiger partial charge is 0.124 e. The molecule has 0 aliphatic heterocycles. The number of aromatic amines is 1. The van der Waals surface area contributed by atoms with Gasteiger partial charge in [-0.15, -0.1) is 0 Å². The van der Waals surface area contributed by atoms with Crippen molar-refractivity contribution >= 4 is 11.0 Å². The number of fused-ring (bicyclic) bond motifs is 1. The van der Waals surface area contributed by atoms with E-state index in [1.54, 1.807) is 0 Å². The summed E-state index contributed by atoms with van der Waals surface area (Å²) in [7, 11) is 0. The molecule has 1 aromatic heterocycles. The summed E-state index contributed by atoms with van der Waals surface area (Å²) in [5.74, 6) is 1.56. The van der Waals surface area contributed by atoms with Crippen LogP contribution in [0.2, 0.25) is 0 Å². The molecule has 1 aliphatic carbocycles. The molecule has 3 rings (SSSR count). The third kappa shape index (κ3) is 2.15. The first-order valence-corrected chi connectivity index (χ1v) is 6.96. The number of nitrogens with one attached hydrogen (secondary N) is 1. The molecule has 96 valence electrons. The van der Waals surface area contributed by atoms with Crippen molar-refractivity contribution in [3.05, 3.63) is 29.6 Å². The molecule has 1 atom stereocenters. The number of aromatic nitrogens is 2. The molecule has 0 amide bonds. The lowest BCUT2D eigenvalue weighted by atomic mass is 9.84. The summed E-state index contributed by atoms with van der Waals surface area (Å²) in [5.41, 5.74) is 9.77. The minimum absolute atomic E-state index is 0.0676. The number of imidazole rings is 1. The molecule has 0 spiro atoms. The summed E-state index contributed by atoms with van der Waals surface area (Å²) in [6.45, 7) is 2.10. The summed E-state index contributed by atoms with van der Waals surface area (Å²) in [5, 5.41) is 0. The zero-order chi connectivity index (χ0) is 12.5. The number of aryl methyl sites for hydroxylation is 1. The van der Waals surface area contributed by atoms with Gasteiger partial charge < -0.3 is 10.7 Å². The van der Waals surface area contributed by atoms with Crippen LogP contribution in [-0.4, -0.2) is 9.97 Å². The van der Waals surface area contributed by atoms with Crippen LogP contribution in [-0.2, 0) is 0 Å². The van der Waals surface area contributed by atoms with Crippen LogP contribution in [0.5, 0.6) is 0 Å². The van der Waals surface area contributed by atoms with Crippen molar-refractivity contribution in [2.24, 2.45) is 11.7 Å². The van der Waals surface area contributed by atoms with Gasteiger partial charge in [-0.1, -0.05) is 25.3 Å². The molecule has 0 saturated heterocycles. The lowest BCUT2D eigenvalue weighted by molar-refractivity contribution is 0.302. The topological polar surface area (TPSA) is 54.7 Å². The van der Waals surface area contributed by atoms with Gasteiger partial charge >= 0.3 is 0 Å². The molecule has 1 saturated carbocycles. The standard InChI is InChI=1S/C15H21N3/c1-10-7-8-12-13(9-10)18-15(17-12)14(16)11-5-3-2-4-6-11/h7-9,11,14H,2-6,16H2,1H3,(H,17,18). The Kier molecular flexibility index (Phi) is 3.08. The SMILES string of the molecule is Cc1ccc2nc(C(N)C3CCCCC3)[nH]c2c1. The first-order chi connectivity index (χ1) is 8.74. The average molecular weight is 243 g/mol. The maximum Gasteiger partial charge on any atom is 0.124 e. The van der Waals surface area contributed by atoms with Crippen molar-refractivity contribution in [3.63, 3.8) is 0 Å². The van der Waals surface area contributed by atoms with E-state index in [1.165, 1.54) is 37.7 Å². The molecule has 3 nitrogen and oxygen atoms in total. The molecule has 1 aliphatic rings. The van der Waals surface area contributed by atoms with Crippen molar-refractivity contribution in [3.8, 4) is 0 Å². The van der Waals surface area contributed by atoms with Crippen LogP contribution in [0.25, 0.3) is 11.0 Å². The summed E-state index contributed by atoms with van der Waals surface area (Å²) in [6.07, 6.45) is 6.49. The van der Waals surface area contributed by atoms with Gasteiger partial charge in [0.15, 0.2) is 0 Å². The van der Waals surface area contributed by atoms with E-state index in [1.807, 2.05) is 0 Å². The molecule has 2 aromatic rings. The van der Waals surface area contributed by atoms with Crippen molar-refractivity contribution in [1.82, 2.24) is 9.97 Å². The normalized spacial score (nSPS) is 19.2. The van der Waals surface area contributed by atoms with Gasteiger partial charge in [0.2, 0.25) is 0 Å². The van der Waals surface area contributed by atoms with Crippen LogP contribution in [0.1, 0.15) is 49.5 Å². The molecular formula is C15H21N3. The first-order valence-electron chi connectivity index (χ1n) is 6.96. The van der Waals surface area contributed by atoms with E-state index >= 15 is 0 Å². The van der Waals surface area contributed by atoms with Crippen LogP contribution in [0, 0.1) is 12.8 Å². The Morgan fingerprint density at radius 3 is 2.83 bits per heavy atom. The number of H-pyrrole nitrogens is 1. The highest BCUT2D eigenvalue weighted by atomic mass is 15.0. The molecule has 1 fully saturated rings. The molecule has 18 heavy (non-hydrogen) atoms. The number of hydrogen-bond donors (Lipinski definition) is 2. The second-order valence-electron chi connectivity index (χ2n) is 5.57. The van der Waals surface area contributed by atoms with E-state index in [-0.39, 0.29) is 6.04 Å². The number of rotatable bonds is 2. The molecule has 1 unspecified atom stereocenters. The number of nitrogens with zero attached hydrogens (tertiary/aromatic N) is 1. The monoisotopic (exact) mass is 243 g/mol. The van der Waals surface area contributed by atoms with Gasteiger partial charge in [-0.25, -0.2) is 4.98 Å². The molecule has 0 bridgehead atoms. The Morgan fingerprint density at radius 2 is 2.06 bits per heavy atom. The van der Waals surface area contributed by atoms with Crippen LogP contribution in [0.3, 0.4) is 0 Å². The van der Waals surface area contributed by atoms with Crippen LogP contribution in [0.4, 0.5) is 0 Å². The van der Waals surface area contributed by atoms with E-state index in [2.05, 4.69) is 35.1 Å². The van der Waals surface area contributed by atoms with E-state index in [4.69, 9.17) is 5.73 Å². The van der Waals surface area contributed by atoms with Gasteiger partial charge in [0, 0.05) is 0 Å². The zero-order valence-electron chi connectivity index (χ0n) is 10.9. The predicted molar refractivity (Wildman–Crippen MR) is 74.3 cm³/mol. The maximum absolute atomic E-state index is 6.38. The van der Waals surface area contributed by atoms with Gasteiger partial charge in [0.05, 0.1) is 17.1 Å². The minimum Gasteiger partial charge on any atom is -0.341 e. The molecule has 1 aromatic carbocycles. The second-order valence-corrected chi connectivity index (χ2v) is 5.57. The fourth-order valence-corrected chi connectivity index (χ4v) is 3.02. The highest BCUT2D eigenvalue weighted by Crippen LogP contribution is 2.32. The number of benzene rings is 1. The lowest BCUT2D eigenvalue weighted by Crippen LogP contribution is -2.24. The fraction of sp³-hybridized carbons (Fsp3) is 0.533. The summed E-state index contributed by atoms with van der Waals surface area (Å²) in [4.78, 5) is 8.05. The fourth-order valence-electron chi connectivity index (χ4n) is 3.02. The predicted octanol–water partition coefficient (Wildman–Crippen LogP) is 3.45. The third-order valence-corrected chi connectivity index (χ3v) is 4.13. The van der Waals surface area contributed by atoms with Gasteiger partial charge in [-0.05, 0) is 43.4 Å². The Morgan fingerprint density at radius 1 is 1.28 bits per heavy atom. The summed E-state index contributed by atoms with van der Waals surface area (Å²) in [6, 6.07) is 6.37. The Bertz CT molecular complexity index is 538. The average Bonchev–Trinajstić information content (AvgIpc) is 2.81. The van der Waals surface area contributed by atoms with Crippen LogP contribution >= 0.6 is 0 Å². The summed E-state index contributed by atoms with van der Waals surface area (Å²) >= 11 is 0. The third-order valence-electron chi connectivity index (χ3n) is 4.13. The number of nitrogens with two attached hydrogens (primary N) is 1. The highest BCUT2D eigenvalue weighted by molar-refractivity contribution is 5.75. The summed E-state index contributed by atoms with van der Waals surface area (Å²) < 4.78 is 0. The Balaban J connectivity index is 1.88. The molecule has 1 heterocycles. The molecule has 3 N–H and O–H groups in total. The molecule has 0 radical (unpaired) electrons. The first kappa shape index (κ1) is 11.7. The molecule has 3 heteroatoms. The van der Waals surface area contributed by atoms with E-state index < -0.39 is 0 Å². The van der Waals surface area contributed by atoms with E-state index in [0.29, 0.717) is 5.92 Å². The molecular weight excluding hydrogens is 222 g/mol. The Hall–Kier alpha value is -1.35. The van der Waals surface area contributed by atoms with E-state index in [0.717, 1.165) is 16.9 Å². The van der Waals surface area contributed by atoms with Gasteiger partial charge in [0.25, 0.3) is 0 Å². The van der Waals surface area contributed by atoms with Crippen molar-refractivity contribution in [2.75, 3.05) is 0 Å². The van der Waals surface area contributed by atoms with Crippen LogP contribution in [0.15, 0.2) is 18.2 Å². The quantitative estimate of drug-likeness (QED) is 0.848. The lowest BCUT2D eigenvalue weighted by Gasteiger charge is -2.26. The minimum atomic E-state index is 0.0676. The highest BCUT2D eigenvalue weighted by Gasteiger charge is 2.24. The van der Waals surface area contributed by atoms with Crippen molar-refractivity contribution in [2.45, 2.75) is 45.1 Å². The van der Waals surface area contributed by atoms with Gasteiger partial charge in [-0.2, -0.15) is 0 Å². The Labute approximate surface area is 108 Å². The largest absolute Gasteiger partial charge is 0.341 e. The van der Waals surface area contributed by atoms with Crippen molar-refractivity contribution in [1.29, 1.82) is 0 Å². The number of hydrogen-bond acceptors (Lipinski definition) is 2. The van der Waals surface area contributed by atoms with Gasteiger partial charge in [-0.3, -0.25) is 0 Å². The zero-order valence-corrected chi connectivity index (χ0v) is 10.9. The van der Waals surface area contributed by atoms with E-state index in [9.17, 15) is 0 Å². The van der Waals surface area contributed by atoms with Gasteiger partial charge in [0.1, 0.15) is 5.82 Å². The maximum atomic E-state index is 6.38.